The zero-order chi connectivity index (χ0) is 20.4. The van der Waals surface area contributed by atoms with Gasteiger partial charge in [-0.05, 0) is 60.0 Å². The molecule has 5 nitrogen and oxygen atoms in total. The van der Waals surface area contributed by atoms with Crippen LogP contribution >= 0.6 is 0 Å². The van der Waals surface area contributed by atoms with Crippen molar-refractivity contribution >= 4 is 23.1 Å². The van der Waals surface area contributed by atoms with Crippen molar-refractivity contribution in [2.24, 2.45) is 0 Å². The molecule has 3 aromatic rings. The first-order valence-corrected chi connectivity index (χ1v) is 9.12. The molecule has 6 heteroatoms. The van der Waals surface area contributed by atoms with Crippen molar-refractivity contribution in [2.75, 3.05) is 5.32 Å². The van der Waals surface area contributed by atoms with E-state index in [1.165, 1.54) is 29.2 Å². The highest BCUT2D eigenvalue weighted by Crippen LogP contribution is 2.31. The second kappa shape index (κ2) is 7.67. The molecule has 1 aliphatic heterocycles. The number of pyridine rings is 1. The molecule has 0 unspecified atom stereocenters. The van der Waals surface area contributed by atoms with Gasteiger partial charge in [-0.1, -0.05) is 24.3 Å². The fourth-order valence-electron chi connectivity index (χ4n) is 3.26. The molecule has 0 saturated heterocycles. The van der Waals surface area contributed by atoms with E-state index in [1.54, 1.807) is 24.5 Å². The number of aryl methyl sites for hydroxylation is 1. The fourth-order valence-corrected chi connectivity index (χ4v) is 3.26. The molecule has 1 aliphatic rings. The number of carbonyl (C=O) groups is 2. The summed E-state index contributed by atoms with van der Waals surface area (Å²) in [4.78, 5) is 31.5. The van der Waals surface area contributed by atoms with Gasteiger partial charge in [0.1, 0.15) is 11.5 Å². The Bertz CT molecular complexity index is 1110. The minimum absolute atomic E-state index is 0.129. The van der Waals surface area contributed by atoms with Crippen LogP contribution in [-0.4, -0.2) is 21.7 Å². The minimum Gasteiger partial charge on any atom is -0.350 e. The van der Waals surface area contributed by atoms with Crippen LogP contribution in [0.4, 0.5) is 10.1 Å². The van der Waals surface area contributed by atoms with Gasteiger partial charge in [0.05, 0.1) is 12.1 Å². The van der Waals surface area contributed by atoms with Crippen LogP contribution in [0.3, 0.4) is 0 Å². The average molecular weight is 387 g/mol. The average Bonchev–Trinajstić information content (AvgIpc) is 2.94. The maximum absolute atomic E-state index is 13.4. The van der Waals surface area contributed by atoms with Gasteiger partial charge in [0.25, 0.3) is 11.8 Å². The van der Waals surface area contributed by atoms with Crippen molar-refractivity contribution in [3.05, 3.63) is 101 Å². The number of benzene rings is 2. The lowest BCUT2D eigenvalue weighted by Gasteiger charge is -2.15. The summed E-state index contributed by atoms with van der Waals surface area (Å²) in [6.45, 7) is 2.07. The maximum atomic E-state index is 13.4. The Kier molecular flexibility index (Phi) is 4.91. The molecule has 0 aliphatic carbocycles. The number of carbonyl (C=O) groups excluding carboxylic acids is 2. The van der Waals surface area contributed by atoms with Crippen LogP contribution in [0.15, 0.2) is 78.8 Å². The summed E-state index contributed by atoms with van der Waals surface area (Å²) in [5, 5.41) is 3.10. The molecule has 0 atom stereocenters. The number of halogens is 1. The summed E-state index contributed by atoms with van der Waals surface area (Å²) < 4.78 is 13.4. The summed E-state index contributed by atoms with van der Waals surface area (Å²) in [6.07, 6.45) is 3.22. The topological polar surface area (TPSA) is 62.3 Å². The van der Waals surface area contributed by atoms with Gasteiger partial charge < -0.3 is 5.32 Å². The normalized spacial score (nSPS) is 13.9. The van der Waals surface area contributed by atoms with E-state index in [1.807, 2.05) is 31.2 Å². The van der Waals surface area contributed by atoms with Crippen molar-refractivity contribution in [3.8, 4) is 0 Å². The Balaban J connectivity index is 1.75. The largest absolute Gasteiger partial charge is 0.350 e. The number of hydrogen-bond donors (Lipinski definition) is 1. The molecule has 0 saturated carbocycles. The molecule has 2 amide bonds. The second-order valence-corrected chi connectivity index (χ2v) is 6.80. The number of amides is 2. The van der Waals surface area contributed by atoms with Gasteiger partial charge in [0.2, 0.25) is 0 Å². The molecule has 2 aromatic carbocycles. The standard InChI is InChI=1S/C23H18FN3O2/c1-15-3-2-4-19(13-15)26-21-20(17-5-7-18(24)8-6-17)22(28)27(23(21)29)14-16-9-11-25-12-10-16/h2-13,26H,14H2,1H3. The van der Waals surface area contributed by atoms with Gasteiger partial charge in [-0.2, -0.15) is 0 Å². The first-order valence-electron chi connectivity index (χ1n) is 9.12. The number of aromatic nitrogens is 1. The van der Waals surface area contributed by atoms with Crippen molar-refractivity contribution in [2.45, 2.75) is 13.5 Å². The van der Waals surface area contributed by atoms with Crippen molar-refractivity contribution < 1.29 is 14.0 Å². The van der Waals surface area contributed by atoms with Crippen LogP contribution in [0.5, 0.6) is 0 Å². The Morgan fingerprint density at radius 3 is 2.38 bits per heavy atom. The van der Waals surface area contributed by atoms with E-state index in [0.29, 0.717) is 11.3 Å². The van der Waals surface area contributed by atoms with Crippen molar-refractivity contribution in [1.29, 1.82) is 0 Å². The zero-order valence-electron chi connectivity index (χ0n) is 15.7. The van der Waals surface area contributed by atoms with E-state index in [2.05, 4.69) is 10.3 Å². The summed E-state index contributed by atoms with van der Waals surface area (Å²) in [5.41, 5.74) is 3.40. The Morgan fingerprint density at radius 1 is 0.966 bits per heavy atom. The van der Waals surface area contributed by atoms with Crippen LogP contribution in [-0.2, 0) is 16.1 Å². The fraction of sp³-hybridized carbons (Fsp3) is 0.0870. The molecule has 1 aromatic heterocycles. The predicted octanol–water partition coefficient (Wildman–Crippen LogP) is 3.92. The lowest BCUT2D eigenvalue weighted by molar-refractivity contribution is -0.137. The maximum Gasteiger partial charge on any atom is 0.278 e. The van der Waals surface area contributed by atoms with E-state index in [-0.39, 0.29) is 17.8 Å². The summed E-state index contributed by atoms with van der Waals surface area (Å²) in [7, 11) is 0. The quantitative estimate of drug-likeness (QED) is 0.674. The van der Waals surface area contributed by atoms with E-state index >= 15 is 0 Å². The first-order chi connectivity index (χ1) is 14.0. The smallest absolute Gasteiger partial charge is 0.278 e. The van der Waals surface area contributed by atoms with E-state index in [9.17, 15) is 14.0 Å². The Hall–Kier alpha value is -3.80. The molecule has 0 bridgehead atoms. The molecule has 1 N–H and O–H groups in total. The van der Waals surface area contributed by atoms with Gasteiger partial charge in [0, 0.05) is 18.1 Å². The van der Waals surface area contributed by atoms with E-state index in [0.717, 1.165) is 11.1 Å². The molecular formula is C23H18FN3O2. The van der Waals surface area contributed by atoms with Crippen LogP contribution in [0.2, 0.25) is 0 Å². The van der Waals surface area contributed by atoms with E-state index < -0.39 is 17.6 Å². The highest BCUT2D eigenvalue weighted by atomic mass is 19.1. The monoisotopic (exact) mass is 387 g/mol. The highest BCUT2D eigenvalue weighted by molar-refractivity contribution is 6.36. The predicted molar refractivity (Wildman–Crippen MR) is 108 cm³/mol. The summed E-state index contributed by atoms with van der Waals surface area (Å²) in [6, 6.07) is 16.6. The number of nitrogens with zero attached hydrogens (tertiary/aromatic N) is 2. The third-order valence-electron chi connectivity index (χ3n) is 4.68. The SMILES string of the molecule is Cc1cccc(NC2=C(c3ccc(F)cc3)C(=O)N(Cc3ccncc3)C2=O)c1. The molecule has 2 heterocycles. The number of nitrogens with one attached hydrogen (secondary N) is 1. The Labute approximate surface area is 167 Å². The number of imide groups is 1. The van der Waals surface area contributed by atoms with Crippen LogP contribution < -0.4 is 5.32 Å². The molecule has 144 valence electrons. The summed E-state index contributed by atoms with van der Waals surface area (Å²) >= 11 is 0. The zero-order valence-corrected chi connectivity index (χ0v) is 15.7. The third-order valence-corrected chi connectivity index (χ3v) is 4.68. The van der Waals surface area contributed by atoms with Crippen molar-refractivity contribution in [1.82, 2.24) is 9.88 Å². The van der Waals surface area contributed by atoms with Gasteiger partial charge in [-0.15, -0.1) is 0 Å². The van der Waals surface area contributed by atoms with Gasteiger partial charge in [-0.3, -0.25) is 19.5 Å². The van der Waals surface area contributed by atoms with Crippen LogP contribution in [0.1, 0.15) is 16.7 Å². The van der Waals surface area contributed by atoms with Gasteiger partial charge in [0.15, 0.2) is 0 Å². The van der Waals surface area contributed by atoms with Crippen molar-refractivity contribution in [3.63, 3.8) is 0 Å². The number of rotatable bonds is 5. The number of hydrogen-bond acceptors (Lipinski definition) is 4. The van der Waals surface area contributed by atoms with E-state index in [4.69, 9.17) is 0 Å². The van der Waals surface area contributed by atoms with Crippen LogP contribution in [0, 0.1) is 12.7 Å². The lowest BCUT2D eigenvalue weighted by atomic mass is 10.0. The molecule has 0 spiro atoms. The highest BCUT2D eigenvalue weighted by Gasteiger charge is 2.39. The van der Waals surface area contributed by atoms with Gasteiger partial charge >= 0.3 is 0 Å². The van der Waals surface area contributed by atoms with Gasteiger partial charge in [-0.25, -0.2) is 4.39 Å². The minimum atomic E-state index is -0.423. The first kappa shape index (κ1) is 18.6. The third kappa shape index (κ3) is 3.78. The molecule has 4 rings (SSSR count). The van der Waals surface area contributed by atoms with Crippen LogP contribution in [0.25, 0.3) is 5.57 Å². The number of anilines is 1. The second-order valence-electron chi connectivity index (χ2n) is 6.80. The summed E-state index contributed by atoms with van der Waals surface area (Å²) in [5.74, 6) is -1.26. The Morgan fingerprint density at radius 2 is 1.69 bits per heavy atom. The molecule has 29 heavy (non-hydrogen) atoms. The molecule has 0 radical (unpaired) electrons. The molecule has 0 fully saturated rings. The lowest BCUT2D eigenvalue weighted by Crippen LogP contribution is -2.32. The molecular weight excluding hydrogens is 369 g/mol.